The number of unbranched alkanes of at least 4 members (excludes halogenated alkanes) is 1. The number of ether oxygens (including phenoxy) is 1. The van der Waals surface area contributed by atoms with E-state index in [1.165, 1.54) is 4.31 Å². The van der Waals surface area contributed by atoms with Gasteiger partial charge in [0.15, 0.2) is 0 Å². The normalized spacial score (nSPS) is 18.8. The molecule has 0 aliphatic carbocycles. The van der Waals surface area contributed by atoms with E-state index in [9.17, 15) is 8.42 Å². The average molecular weight is 307 g/mol. The SMILES string of the molecule is CCCCN(C)S(=O)(=O)N1CCC(OCCCN)CC1. The van der Waals surface area contributed by atoms with E-state index in [4.69, 9.17) is 10.5 Å². The third kappa shape index (κ3) is 5.29. The lowest BCUT2D eigenvalue weighted by Crippen LogP contribution is -2.47. The molecule has 1 saturated heterocycles. The molecule has 2 N–H and O–H groups in total. The van der Waals surface area contributed by atoms with E-state index >= 15 is 0 Å². The summed E-state index contributed by atoms with van der Waals surface area (Å²) in [5.41, 5.74) is 5.42. The molecule has 0 amide bonds. The van der Waals surface area contributed by atoms with Crippen LogP contribution in [-0.4, -0.2) is 63.0 Å². The Hall–Kier alpha value is -0.210. The Bertz CT molecular complexity index is 354. The van der Waals surface area contributed by atoms with E-state index < -0.39 is 10.2 Å². The van der Waals surface area contributed by atoms with Crippen LogP contribution in [0.3, 0.4) is 0 Å². The molecular weight excluding hydrogens is 278 g/mol. The van der Waals surface area contributed by atoms with Crippen LogP contribution in [0.25, 0.3) is 0 Å². The molecule has 20 heavy (non-hydrogen) atoms. The first kappa shape index (κ1) is 17.8. The molecule has 120 valence electrons. The van der Waals surface area contributed by atoms with Crippen LogP contribution in [0.4, 0.5) is 0 Å². The van der Waals surface area contributed by atoms with E-state index in [0.29, 0.717) is 32.8 Å². The predicted octanol–water partition coefficient (Wildman–Crippen LogP) is 0.793. The van der Waals surface area contributed by atoms with Gasteiger partial charge in [0.25, 0.3) is 10.2 Å². The highest BCUT2D eigenvalue weighted by atomic mass is 32.2. The topological polar surface area (TPSA) is 75.9 Å². The van der Waals surface area contributed by atoms with Crippen molar-refractivity contribution in [2.45, 2.75) is 45.1 Å². The zero-order chi connectivity index (χ0) is 15.0. The van der Waals surface area contributed by atoms with Gasteiger partial charge in [-0.1, -0.05) is 13.3 Å². The van der Waals surface area contributed by atoms with Gasteiger partial charge in [-0.25, -0.2) is 0 Å². The summed E-state index contributed by atoms with van der Waals surface area (Å²) in [4.78, 5) is 0. The van der Waals surface area contributed by atoms with Gasteiger partial charge in [-0.2, -0.15) is 17.0 Å². The van der Waals surface area contributed by atoms with Gasteiger partial charge < -0.3 is 10.5 Å². The highest BCUT2D eigenvalue weighted by molar-refractivity contribution is 7.86. The molecule has 0 spiro atoms. The second kappa shape index (κ2) is 8.94. The molecule has 6 nitrogen and oxygen atoms in total. The number of hydrogen-bond donors (Lipinski definition) is 1. The first-order chi connectivity index (χ1) is 9.52. The molecule has 0 unspecified atom stereocenters. The largest absolute Gasteiger partial charge is 0.378 e. The van der Waals surface area contributed by atoms with E-state index in [1.54, 1.807) is 11.4 Å². The van der Waals surface area contributed by atoms with Crippen molar-refractivity contribution in [2.75, 3.05) is 39.8 Å². The molecule has 0 aromatic heterocycles. The van der Waals surface area contributed by atoms with Gasteiger partial charge in [0.2, 0.25) is 0 Å². The van der Waals surface area contributed by atoms with Gasteiger partial charge in [-0.3, -0.25) is 0 Å². The van der Waals surface area contributed by atoms with Crippen molar-refractivity contribution >= 4 is 10.2 Å². The summed E-state index contributed by atoms with van der Waals surface area (Å²) in [7, 11) is -1.63. The Morgan fingerprint density at radius 1 is 1.30 bits per heavy atom. The molecule has 0 aromatic rings. The van der Waals surface area contributed by atoms with Crippen LogP contribution >= 0.6 is 0 Å². The van der Waals surface area contributed by atoms with Crippen LogP contribution in [0.1, 0.15) is 39.0 Å². The molecule has 1 rings (SSSR count). The third-order valence-electron chi connectivity index (χ3n) is 3.65. The Morgan fingerprint density at radius 2 is 1.95 bits per heavy atom. The highest BCUT2D eigenvalue weighted by Gasteiger charge is 2.30. The number of hydrogen-bond acceptors (Lipinski definition) is 4. The van der Waals surface area contributed by atoms with Crippen LogP contribution in [0.5, 0.6) is 0 Å². The highest BCUT2D eigenvalue weighted by Crippen LogP contribution is 2.18. The molecule has 1 aliphatic heterocycles. The van der Waals surface area contributed by atoms with Gasteiger partial charge in [-0.05, 0) is 32.2 Å². The maximum Gasteiger partial charge on any atom is 0.281 e. The van der Waals surface area contributed by atoms with Crippen LogP contribution in [0.2, 0.25) is 0 Å². The second-order valence-corrected chi connectivity index (χ2v) is 7.33. The lowest BCUT2D eigenvalue weighted by Gasteiger charge is -2.33. The minimum Gasteiger partial charge on any atom is -0.378 e. The molecule has 0 aromatic carbocycles. The molecule has 1 aliphatic rings. The van der Waals surface area contributed by atoms with Gasteiger partial charge in [0, 0.05) is 33.3 Å². The summed E-state index contributed by atoms with van der Waals surface area (Å²) >= 11 is 0. The van der Waals surface area contributed by atoms with Crippen molar-refractivity contribution in [1.82, 2.24) is 8.61 Å². The summed E-state index contributed by atoms with van der Waals surface area (Å²) in [5.74, 6) is 0. The van der Waals surface area contributed by atoms with Gasteiger partial charge in [0.05, 0.1) is 6.10 Å². The van der Waals surface area contributed by atoms with Gasteiger partial charge in [-0.15, -0.1) is 0 Å². The molecule has 1 fully saturated rings. The maximum atomic E-state index is 12.4. The van der Waals surface area contributed by atoms with E-state index in [0.717, 1.165) is 32.1 Å². The molecule has 0 saturated carbocycles. The standard InChI is InChI=1S/C13H29N3O3S/c1-3-4-9-15(2)20(17,18)16-10-6-13(7-11-16)19-12-5-8-14/h13H,3-12,14H2,1-2H3. The number of nitrogens with two attached hydrogens (primary N) is 1. The van der Waals surface area contributed by atoms with Crippen LogP contribution in [0, 0.1) is 0 Å². The summed E-state index contributed by atoms with van der Waals surface area (Å²) in [6.07, 6.45) is 4.47. The second-order valence-electron chi connectivity index (χ2n) is 5.29. The molecule has 7 heteroatoms. The van der Waals surface area contributed by atoms with E-state index in [1.807, 2.05) is 0 Å². The minimum absolute atomic E-state index is 0.175. The van der Waals surface area contributed by atoms with Crippen molar-refractivity contribution in [3.8, 4) is 0 Å². The quantitative estimate of drug-likeness (QED) is 0.639. The van der Waals surface area contributed by atoms with Crippen LogP contribution in [-0.2, 0) is 14.9 Å². The summed E-state index contributed by atoms with van der Waals surface area (Å²) in [5, 5.41) is 0. The number of nitrogens with zero attached hydrogens (tertiary/aromatic N) is 2. The zero-order valence-corrected chi connectivity index (χ0v) is 13.6. The monoisotopic (exact) mass is 307 g/mol. The summed E-state index contributed by atoms with van der Waals surface area (Å²) in [6, 6.07) is 0. The minimum atomic E-state index is -3.29. The van der Waals surface area contributed by atoms with Crippen LogP contribution < -0.4 is 5.73 Å². The van der Waals surface area contributed by atoms with E-state index in [2.05, 4.69) is 6.92 Å². The number of rotatable bonds is 9. The van der Waals surface area contributed by atoms with Crippen molar-refractivity contribution in [2.24, 2.45) is 5.73 Å². The van der Waals surface area contributed by atoms with Crippen molar-refractivity contribution in [3.05, 3.63) is 0 Å². The molecule has 0 bridgehead atoms. The third-order valence-corrected chi connectivity index (χ3v) is 5.64. The fraction of sp³-hybridized carbons (Fsp3) is 1.00. The fourth-order valence-electron chi connectivity index (χ4n) is 2.26. The fourth-order valence-corrected chi connectivity index (χ4v) is 3.68. The molecule has 0 atom stereocenters. The lowest BCUT2D eigenvalue weighted by molar-refractivity contribution is 0.0202. The first-order valence-corrected chi connectivity index (χ1v) is 8.95. The summed E-state index contributed by atoms with van der Waals surface area (Å²) in [6.45, 7) is 5.05. The Kier molecular flexibility index (Phi) is 7.98. The predicted molar refractivity (Wildman–Crippen MR) is 80.7 cm³/mol. The Labute approximate surface area is 123 Å². The maximum absolute atomic E-state index is 12.4. The van der Waals surface area contributed by atoms with Crippen LogP contribution in [0.15, 0.2) is 0 Å². The molecular formula is C13H29N3O3S. The van der Waals surface area contributed by atoms with Crippen molar-refractivity contribution in [3.63, 3.8) is 0 Å². The lowest BCUT2D eigenvalue weighted by atomic mass is 10.1. The van der Waals surface area contributed by atoms with Crippen molar-refractivity contribution < 1.29 is 13.2 Å². The summed E-state index contributed by atoms with van der Waals surface area (Å²) < 4.78 is 33.4. The number of piperidine rings is 1. The van der Waals surface area contributed by atoms with Gasteiger partial charge >= 0.3 is 0 Å². The zero-order valence-electron chi connectivity index (χ0n) is 12.8. The molecule has 0 radical (unpaired) electrons. The average Bonchev–Trinajstić information content (AvgIpc) is 2.45. The van der Waals surface area contributed by atoms with Crippen molar-refractivity contribution in [1.29, 1.82) is 0 Å². The Balaban J connectivity index is 2.39. The van der Waals surface area contributed by atoms with Gasteiger partial charge in [0.1, 0.15) is 0 Å². The smallest absolute Gasteiger partial charge is 0.281 e. The van der Waals surface area contributed by atoms with E-state index in [-0.39, 0.29) is 6.10 Å². The first-order valence-electron chi connectivity index (χ1n) is 7.55. The Morgan fingerprint density at radius 3 is 2.50 bits per heavy atom. The molecule has 1 heterocycles.